The van der Waals surface area contributed by atoms with Crippen LogP contribution in [0.4, 0.5) is 0 Å². The van der Waals surface area contributed by atoms with E-state index in [0.717, 1.165) is 10.4 Å². The van der Waals surface area contributed by atoms with Crippen LogP contribution in [0.3, 0.4) is 0 Å². The molecule has 0 radical (unpaired) electrons. The summed E-state index contributed by atoms with van der Waals surface area (Å²) in [5.74, 6) is 0.511. The Morgan fingerprint density at radius 3 is 3.06 bits per heavy atom. The molecule has 0 spiro atoms. The fourth-order valence-electron chi connectivity index (χ4n) is 1.81. The van der Waals surface area contributed by atoms with E-state index in [4.69, 9.17) is 14.6 Å². The SMILES string of the molecule is O=C(O)Cc1scnc1-c1ccc2c(c1)OCO2. The van der Waals surface area contributed by atoms with Crippen molar-refractivity contribution in [2.24, 2.45) is 0 Å². The molecule has 0 amide bonds. The van der Waals surface area contributed by atoms with E-state index < -0.39 is 5.97 Å². The maximum Gasteiger partial charge on any atom is 0.308 e. The predicted molar refractivity (Wildman–Crippen MR) is 65.0 cm³/mol. The quantitative estimate of drug-likeness (QED) is 0.919. The van der Waals surface area contributed by atoms with Crippen molar-refractivity contribution in [2.75, 3.05) is 6.79 Å². The number of aliphatic carboxylic acids is 1. The summed E-state index contributed by atoms with van der Waals surface area (Å²) >= 11 is 1.34. The fourth-order valence-corrected chi connectivity index (χ4v) is 2.59. The molecule has 1 aromatic carbocycles. The van der Waals surface area contributed by atoms with Gasteiger partial charge in [-0.3, -0.25) is 4.79 Å². The Labute approximate surface area is 107 Å². The second kappa shape index (κ2) is 4.30. The number of carboxylic acids is 1. The van der Waals surface area contributed by atoms with Gasteiger partial charge in [-0.25, -0.2) is 4.98 Å². The number of fused-ring (bicyclic) bond motifs is 1. The van der Waals surface area contributed by atoms with Crippen LogP contribution >= 0.6 is 11.3 Å². The topological polar surface area (TPSA) is 68.7 Å². The third-order valence-electron chi connectivity index (χ3n) is 2.60. The van der Waals surface area contributed by atoms with Crippen LogP contribution in [0, 0.1) is 0 Å². The molecule has 3 rings (SSSR count). The van der Waals surface area contributed by atoms with E-state index in [9.17, 15) is 4.79 Å². The van der Waals surface area contributed by atoms with Crippen LogP contribution in [0.15, 0.2) is 23.7 Å². The van der Waals surface area contributed by atoms with E-state index in [-0.39, 0.29) is 13.2 Å². The molecule has 1 aromatic heterocycles. The van der Waals surface area contributed by atoms with Gasteiger partial charge in [0.25, 0.3) is 0 Å². The van der Waals surface area contributed by atoms with Gasteiger partial charge in [0.05, 0.1) is 17.6 Å². The molecule has 0 bridgehead atoms. The summed E-state index contributed by atoms with van der Waals surface area (Å²) in [4.78, 5) is 15.7. The van der Waals surface area contributed by atoms with Gasteiger partial charge < -0.3 is 14.6 Å². The lowest BCUT2D eigenvalue weighted by atomic mass is 10.1. The van der Waals surface area contributed by atoms with Crippen molar-refractivity contribution in [1.82, 2.24) is 4.98 Å². The van der Waals surface area contributed by atoms with E-state index in [1.807, 2.05) is 18.2 Å². The molecule has 0 atom stereocenters. The van der Waals surface area contributed by atoms with Crippen LogP contribution in [0.25, 0.3) is 11.3 Å². The number of nitrogens with zero attached hydrogens (tertiary/aromatic N) is 1. The number of carboxylic acid groups (broad SMARTS) is 1. The Balaban J connectivity index is 1.99. The van der Waals surface area contributed by atoms with Crippen molar-refractivity contribution in [1.29, 1.82) is 0 Å². The highest BCUT2D eigenvalue weighted by Gasteiger charge is 2.17. The van der Waals surface area contributed by atoms with E-state index in [1.54, 1.807) is 5.51 Å². The first-order valence-electron chi connectivity index (χ1n) is 5.28. The first kappa shape index (κ1) is 11.0. The third-order valence-corrected chi connectivity index (χ3v) is 3.43. The average molecular weight is 263 g/mol. The molecule has 0 saturated carbocycles. The van der Waals surface area contributed by atoms with Crippen molar-refractivity contribution < 1.29 is 19.4 Å². The smallest absolute Gasteiger partial charge is 0.308 e. The molecule has 2 aromatic rings. The van der Waals surface area contributed by atoms with Crippen LogP contribution in [-0.2, 0) is 11.2 Å². The van der Waals surface area contributed by atoms with Gasteiger partial charge in [-0.05, 0) is 18.2 Å². The van der Waals surface area contributed by atoms with Crippen LogP contribution < -0.4 is 9.47 Å². The molecule has 1 aliphatic rings. The van der Waals surface area contributed by atoms with Crippen molar-refractivity contribution in [3.63, 3.8) is 0 Å². The molecule has 1 N–H and O–H groups in total. The molecular formula is C12H9NO4S. The van der Waals surface area contributed by atoms with Gasteiger partial charge in [-0.2, -0.15) is 0 Å². The van der Waals surface area contributed by atoms with Gasteiger partial charge in [-0.15, -0.1) is 11.3 Å². The molecule has 18 heavy (non-hydrogen) atoms. The summed E-state index contributed by atoms with van der Waals surface area (Å²) in [5, 5.41) is 8.85. The molecule has 0 unspecified atom stereocenters. The fraction of sp³-hybridized carbons (Fsp3) is 0.167. The minimum atomic E-state index is -0.860. The second-order valence-electron chi connectivity index (χ2n) is 3.76. The highest BCUT2D eigenvalue weighted by atomic mass is 32.1. The van der Waals surface area contributed by atoms with Crippen LogP contribution in [0.5, 0.6) is 11.5 Å². The van der Waals surface area contributed by atoms with Crippen LogP contribution in [0.2, 0.25) is 0 Å². The molecule has 0 fully saturated rings. The van der Waals surface area contributed by atoms with Gasteiger partial charge in [0.15, 0.2) is 11.5 Å². The van der Waals surface area contributed by atoms with E-state index in [1.165, 1.54) is 11.3 Å². The highest BCUT2D eigenvalue weighted by molar-refractivity contribution is 7.10. The predicted octanol–water partition coefficient (Wildman–Crippen LogP) is 2.17. The van der Waals surface area contributed by atoms with Crippen molar-refractivity contribution in [2.45, 2.75) is 6.42 Å². The lowest BCUT2D eigenvalue weighted by Gasteiger charge is -2.02. The zero-order valence-corrected chi connectivity index (χ0v) is 10.1. The number of hydrogen-bond acceptors (Lipinski definition) is 5. The number of aromatic nitrogens is 1. The summed E-state index contributed by atoms with van der Waals surface area (Å²) < 4.78 is 10.5. The molecular weight excluding hydrogens is 254 g/mol. The maximum atomic E-state index is 10.8. The molecule has 0 saturated heterocycles. The maximum absolute atomic E-state index is 10.8. The number of rotatable bonds is 3. The highest BCUT2D eigenvalue weighted by Crippen LogP contribution is 2.37. The summed E-state index contributed by atoms with van der Waals surface area (Å²) in [5.41, 5.74) is 3.19. The van der Waals surface area contributed by atoms with Crippen molar-refractivity contribution in [3.8, 4) is 22.8 Å². The molecule has 92 valence electrons. The number of benzene rings is 1. The van der Waals surface area contributed by atoms with Gasteiger partial charge in [0, 0.05) is 10.4 Å². The van der Waals surface area contributed by atoms with Crippen LogP contribution in [-0.4, -0.2) is 22.9 Å². The van der Waals surface area contributed by atoms with Gasteiger partial charge in [0.2, 0.25) is 6.79 Å². The van der Waals surface area contributed by atoms with E-state index in [2.05, 4.69) is 4.98 Å². The number of thiazole rings is 1. The zero-order valence-electron chi connectivity index (χ0n) is 9.25. The summed E-state index contributed by atoms with van der Waals surface area (Å²) in [6.07, 6.45) is -0.0194. The number of ether oxygens (including phenoxy) is 2. The standard InChI is InChI=1S/C12H9NO4S/c14-11(15)4-10-12(13-5-18-10)7-1-2-8-9(3-7)17-6-16-8/h1-3,5H,4,6H2,(H,14,15). The molecule has 0 aliphatic carbocycles. The minimum absolute atomic E-state index is 0.0194. The second-order valence-corrected chi connectivity index (χ2v) is 4.70. The van der Waals surface area contributed by atoms with Crippen molar-refractivity contribution >= 4 is 17.3 Å². The molecule has 6 heteroatoms. The van der Waals surface area contributed by atoms with Crippen molar-refractivity contribution in [3.05, 3.63) is 28.6 Å². The van der Waals surface area contributed by atoms with Gasteiger partial charge >= 0.3 is 5.97 Å². The third kappa shape index (κ3) is 1.91. The monoisotopic (exact) mass is 263 g/mol. The summed E-state index contributed by atoms with van der Waals surface area (Å²) in [6.45, 7) is 0.220. The van der Waals surface area contributed by atoms with E-state index >= 15 is 0 Å². The normalized spacial score (nSPS) is 12.7. The first-order valence-corrected chi connectivity index (χ1v) is 6.16. The first-order chi connectivity index (χ1) is 8.74. The Kier molecular flexibility index (Phi) is 2.64. The minimum Gasteiger partial charge on any atom is -0.481 e. The Morgan fingerprint density at radius 1 is 1.39 bits per heavy atom. The Hall–Kier alpha value is -2.08. The van der Waals surface area contributed by atoms with Crippen LogP contribution in [0.1, 0.15) is 4.88 Å². The molecule has 2 heterocycles. The Bertz CT molecular complexity index is 608. The lowest BCUT2D eigenvalue weighted by Crippen LogP contribution is -1.99. The summed E-state index contributed by atoms with van der Waals surface area (Å²) in [6, 6.07) is 5.48. The number of hydrogen-bond donors (Lipinski definition) is 1. The molecule has 1 aliphatic heterocycles. The molecule has 5 nitrogen and oxygen atoms in total. The Morgan fingerprint density at radius 2 is 2.22 bits per heavy atom. The lowest BCUT2D eigenvalue weighted by molar-refractivity contribution is -0.136. The number of carbonyl (C=O) groups is 1. The average Bonchev–Trinajstić information content (AvgIpc) is 2.95. The zero-order chi connectivity index (χ0) is 12.5. The van der Waals surface area contributed by atoms with E-state index in [0.29, 0.717) is 17.2 Å². The summed E-state index contributed by atoms with van der Waals surface area (Å²) in [7, 11) is 0. The largest absolute Gasteiger partial charge is 0.481 e. The van der Waals surface area contributed by atoms with Gasteiger partial charge in [-0.1, -0.05) is 0 Å². The van der Waals surface area contributed by atoms with Gasteiger partial charge in [0.1, 0.15) is 0 Å².